The maximum Gasteiger partial charge on any atom is 0.335 e. The number of benzene rings is 1. The highest BCUT2D eigenvalue weighted by Crippen LogP contribution is 2.22. The van der Waals surface area contributed by atoms with E-state index in [0.29, 0.717) is 18.9 Å². The number of carbonyl (C=O) groups is 2. The third kappa shape index (κ3) is 4.35. The molecule has 0 bridgehead atoms. The highest BCUT2D eigenvalue weighted by molar-refractivity contribution is 5.89. The fraction of sp³-hybridized carbons (Fsp3) is 0.429. The molecule has 4 N–H and O–H groups in total. The number of nitrogens with two attached hydrogens (primary N) is 1. The normalized spacial score (nSPS) is 15.4. The predicted molar refractivity (Wildman–Crippen MR) is 75.3 cm³/mol. The van der Waals surface area contributed by atoms with E-state index in [1.54, 1.807) is 0 Å². The van der Waals surface area contributed by atoms with Crippen molar-refractivity contribution in [1.82, 2.24) is 5.32 Å². The molecule has 0 spiro atoms. The number of amides is 1. The van der Waals surface area contributed by atoms with Crippen molar-refractivity contribution in [1.29, 1.82) is 0 Å². The molecule has 1 amide bonds. The molecule has 1 fully saturated rings. The molecule has 21 heavy (non-hydrogen) atoms. The fourth-order valence-corrected chi connectivity index (χ4v) is 2.05. The largest absolute Gasteiger partial charge is 0.482 e. The first-order valence-electron chi connectivity index (χ1n) is 6.69. The van der Waals surface area contributed by atoms with E-state index in [4.69, 9.17) is 20.3 Å². The van der Waals surface area contributed by atoms with Crippen LogP contribution in [-0.2, 0) is 9.53 Å². The Morgan fingerprint density at radius 2 is 2.10 bits per heavy atom. The fourth-order valence-electron chi connectivity index (χ4n) is 2.05. The summed E-state index contributed by atoms with van der Waals surface area (Å²) in [6.07, 6.45) is 1.56. The highest BCUT2D eigenvalue weighted by Gasteiger charge is 2.16. The molecule has 7 heteroatoms. The monoisotopic (exact) mass is 294 g/mol. The molecule has 1 saturated heterocycles. The summed E-state index contributed by atoms with van der Waals surface area (Å²) in [5.41, 5.74) is 6.04. The molecule has 0 radical (unpaired) electrons. The number of nitrogens with one attached hydrogen (secondary N) is 1. The van der Waals surface area contributed by atoms with Gasteiger partial charge in [-0.15, -0.1) is 0 Å². The van der Waals surface area contributed by atoms with E-state index in [2.05, 4.69) is 5.32 Å². The van der Waals surface area contributed by atoms with Crippen LogP contribution in [0.15, 0.2) is 18.2 Å². The molecule has 0 aromatic heterocycles. The molecule has 1 aromatic rings. The molecular weight excluding hydrogens is 276 g/mol. The van der Waals surface area contributed by atoms with E-state index in [-0.39, 0.29) is 29.9 Å². The van der Waals surface area contributed by atoms with Crippen LogP contribution in [0.1, 0.15) is 23.2 Å². The number of anilines is 1. The molecule has 0 aliphatic carbocycles. The zero-order chi connectivity index (χ0) is 15.2. The molecule has 114 valence electrons. The summed E-state index contributed by atoms with van der Waals surface area (Å²) in [7, 11) is 0. The summed E-state index contributed by atoms with van der Waals surface area (Å²) in [5.74, 6) is -1.15. The molecule has 0 atom stereocenters. The summed E-state index contributed by atoms with van der Waals surface area (Å²) in [5, 5.41) is 11.8. The van der Waals surface area contributed by atoms with E-state index < -0.39 is 5.97 Å². The van der Waals surface area contributed by atoms with Crippen LogP contribution >= 0.6 is 0 Å². The first-order valence-corrected chi connectivity index (χ1v) is 6.69. The number of nitrogen functional groups attached to an aromatic ring is 1. The first-order chi connectivity index (χ1) is 10.1. The van der Waals surface area contributed by atoms with Crippen LogP contribution in [0.25, 0.3) is 0 Å². The highest BCUT2D eigenvalue weighted by atomic mass is 16.5. The van der Waals surface area contributed by atoms with Gasteiger partial charge in [-0.1, -0.05) is 0 Å². The second-order valence-corrected chi connectivity index (χ2v) is 4.80. The summed E-state index contributed by atoms with van der Waals surface area (Å²) >= 11 is 0. The minimum atomic E-state index is -1.08. The van der Waals surface area contributed by atoms with Crippen molar-refractivity contribution in [2.24, 2.45) is 0 Å². The van der Waals surface area contributed by atoms with Gasteiger partial charge in [0.25, 0.3) is 5.91 Å². The zero-order valence-electron chi connectivity index (χ0n) is 11.5. The lowest BCUT2D eigenvalue weighted by atomic mass is 10.1. The summed E-state index contributed by atoms with van der Waals surface area (Å²) in [4.78, 5) is 22.7. The molecule has 1 heterocycles. The van der Waals surface area contributed by atoms with Crippen molar-refractivity contribution in [3.05, 3.63) is 23.8 Å². The van der Waals surface area contributed by atoms with E-state index in [1.807, 2.05) is 0 Å². The van der Waals surface area contributed by atoms with Gasteiger partial charge >= 0.3 is 5.97 Å². The quantitative estimate of drug-likeness (QED) is 0.687. The Hall–Kier alpha value is -2.28. The van der Waals surface area contributed by atoms with E-state index in [1.165, 1.54) is 18.2 Å². The Morgan fingerprint density at radius 3 is 2.76 bits per heavy atom. The summed E-state index contributed by atoms with van der Waals surface area (Å²) < 4.78 is 10.5. The van der Waals surface area contributed by atoms with Crippen LogP contribution < -0.4 is 15.8 Å². The number of carboxylic acid groups (broad SMARTS) is 1. The Morgan fingerprint density at radius 1 is 1.38 bits per heavy atom. The smallest absolute Gasteiger partial charge is 0.335 e. The van der Waals surface area contributed by atoms with Gasteiger partial charge in [0, 0.05) is 19.3 Å². The Balaban J connectivity index is 1.88. The number of carbonyl (C=O) groups excluding carboxylic acids is 1. The minimum absolute atomic E-state index is 0.0593. The number of rotatable bonds is 5. The van der Waals surface area contributed by atoms with Gasteiger partial charge in [0.1, 0.15) is 5.75 Å². The van der Waals surface area contributed by atoms with Gasteiger partial charge in [-0.3, -0.25) is 4.79 Å². The van der Waals surface area contributed by atoms with Crippen molar-refractivity contribution in [3.63, 3.8) is 0 Å². The molecule has 1 aliphatic rings. The zero-order valence-corrected chi connectivity index (χ0v) is 11.5. The van der Waals surface area contributed by atoms with E-state index >= 15 is 0 Å². The molecular formula is C14H18N2O5. The van der Waals surface area contributed by atoms with Crippen molar-refractivity contribution >= 4 is 17.6 Å². The van der Waals surface area contributed by atoms with Crippen molar-refractivity contribution in [2.75, 3.05) is 25.6 Å². The van der Waals surface area contributed by atoms with Crippen molar-refractivity contribution < 1.29 is 24.2 Å². The third-order valence-corrected chi connectivity index (χ3v) is 3.21. The van der Waals surface area contributed by atoms with Gasteiger partial charge in [-0.05, 0) is 31.0 Å². The number of ether oxygens (including phenoxy) is 2. The van der Waals surface area contributed by atoms with Crippen molar-refractivity contribution in [3.8, 4) is 5.75 Å². The Kier molecular flexibility index (Phi) is 4.99. The van der Waals surface area contributed by atoms with Crippen LogP contribution in [0.5, 0.6) is 5.75 Å². The molecule has 0 unspecified atom stereocenters. The lowest BCUT2D eigenvalue weighted by Crippen LogP contribution is -2.41. The summed E-state index contributed by atoms with van der Waals surface area (Å²) in [6, 6.07) is 4.22. The van der Waals surface area contributed by atoms with Gasteiger partial charge < -0.3 is 25.6 Å². The Bertz CT molecular complexity index is 526. The number of carboxylic acids is 1. The molecule has 7 nitrogen and oxygen atoms in total. The van der Waals surface area contributed by atoms with Crippen LogP contribution in [0.4, 0.5) is 5.69 Å². The third-order valence-electron chi connectivity index (χ3n) is 3.21. The van der Waals surface area contributed by atoms with Crippen molar-refractivity contribution in [2.45, 2.75) is 18.9 Å². The van der Waals surface area contributed by atoms with Gasteiger partial charge in [-0.25, -0.2) is 4.79 Å². The molecule has 1 aliphatic heterocycles. The number of hydrogen-bond acceptors (Lipinski definition) is 5. The maximum atomic E-state index is 11.8. The number of aromatic carboxylic acids is 1. The maximum absolute atomic E-state index is 11.8. The standard InChI is InChI=1S/C14H18N2O5/c15-11-2-1-9(14(18)19)7-12(11)21-8-13(17)16-10-3-5-20-6-4-10/h1-2,7,10H,3-6,8,15H2,(H,16,17)(H,18,19). The van der Waals surface area contributed by atoms with Crippen LogP contribution in [-0.4, -0.2) is 42.8 Å². The van der Waals surface area contributed by atoms with Gasteiger partial charge in [0.2, 0.25) is 0 Å². The van der Waals surface area contributed by atoms with Crippen LogP contribution in [0.2, 0.25) is 0 Å². The summed E-state index contributed by atoms with van der Waals surface area (Å²) in [6.45, 7) is 1.07. The average Bonchev–Trinajstić information content (AvgIpc) is 2.47. The van der Waals surface area contributed by atoms with Crippen LogP contribution in [0, 0.1) is 0 Å². The molecule has 2 rings (SSSR count). The molecule has 0 saturated carbocycles. The SMILES string of the molecule is Nc1ccc(C(=O)O)cc1OCC(=O)NC1CCOCC1. The van der Waals surface area contributed by atoms with E-state index in [0.717, 1.165) is 12.8 Å². The average molecular weight is 294 g/mol. The predicted octanol–water partition coefficient (Wildman–Crippen LogP) is 0.641. The minimum Gasteiger partial charge on any atom is -0.482 e. The topological polar surface area (TPSA) is 111 Å². The Labute approximate surface area is 122 Å². The first kappa shape index (κ1) is 15.1. The second kappa shape index (κ2) is 6.94. The van der Waals surface area contributed by atoms with E-state index in [9.17, 15) is 9.59 Å². The molecule has 1 aromatic carbocycles. The second-order valence-electron chi connectivity index (χ2n) is 4.80. The van der Waals surface area contributed by atoms with Gasteiger partial charge in [-0.2, -0.15) is 0 Å². The lowest BCUT2D eigenvalue weighted by Gasteiger charge is -2.23. The van der Waals surface area contributed by atoms with Gasteiger partial charge in [0.05, 0.1) is 11.3 Å². The lowest BCUT2D eigenvalue weighted by molar-refractivity contribution is -0.124. The van der Waals surface area contributed by atoms with Crippen LogP contribution in [0.3, 0.4) is 0 Å². The number of hydrogen-bond donors (Lipinski definition) is 3. The van der Waals surface area contributed by atoms with Gasteiger partial charge in [0.15, 0.2) is 6.61 Å².